The van der Waals surface area contributed by atoms with Gasteiger partial charge in [0.25, 0.3) is 0 Å². The van der Waals surface area contributed by atoms with Gasteiger partial charge in [0.05, 0.1) is 15.7 Å². The molecule has 0 unspecified atom stereocenters. The summed E-state index contributed by atoms with van der Waals surface area (Å²) in [4.78, 5) is 20.4. The molecule has 1 saturated heterocycles. The Balaban J connectivity index is 1.64. The van der Waals surface area contributed by atoms with Crippen molar-refractivity contribution in [1.82, 2.24) is 15.0 Å². The number of anilines is 3. The average Bonchev–Trinajstić information content (AvgIpc) is 2.80. The summed E-state index contributed by atoms with van der Waals surface area (Å²) in [6.45, 7) is 7.23. The Labute approximate surface area is 197 Å². The fraction of sp³-hybridized carbons (Fsp3) is 0.348. The highest BCUT2D eigenvalue weighted by Gasteiger charge is 2.23. The number of piperazine rings is 1. The molecular weight excluding hydrogens is 450 g/mol. The number of rotatable bonds is 5. The minimum atomic E-state index is -0.450. The van der Waals surface area contributed by atoms with E-state index in [9.17, 15) is 4.39 Å². The maximum Gasteiger partial charge on any atom is 0.227 e. The molecule has 4 rings (SSSR count). The third-order valence-corrected chi connectivity index (χ3v) is 6.23. The lowest BCUT2D eigenvalue weighted by molar-refractivity contribution is 0.628. The monoisotopic (exact) mass is 474 g/mol. The SMILES string of the molecule is CC(C)N(C)c1nc(-c2ccc(F)c(Cl)c2)cc(N2CCN(c3ncccc3Cl)CC2)n1. The molecule has 2 aromatic heterocycles. The summed E-state index contributed by atoms with van der Waals surface area (Å²) in [6.07, 6.45) is 1.76. The highest BCUT2D eigenvalue weighted by atomic mass is 35.5. The van der Waals surface area contributed by atoms with Gasteiger partial charge in [-0.3, -0.25) is 0 Å². The Kier molecular flexibility index (Phi) is 6.67. The van der Waals surface area contributed by atoms with Crippen LogP contribution in [0.5, 0.6) is 0 Å². The van der Waals surface area contributed by atoms with E-state index in [1.54, 1.807) is 18.3 Å². The number of hydrogen-bond acceptors (Lipinski definition) is 6. The van der Waals surface area contributed by atoms with Gasteiger partial charge in [0.1, 0.15) is 17.5 Å². The van der Waals surface area contributed by atoms with Crippen LogP contribution in [0.3, 0.4) is 0 Å². The van der Waals surface area contributed by atoms with Crippen molar-refractivity contribution in [2.45, 2.75) is 19.9 Å². The van der Waals surface area contributed by atoms with Gasteiger partial charge in [-0.25, -0.2) is 14.4 Å². The molecule has 0 bridgehead atoms. The molecular formula is C23H25Cl2FN6. The minimum Gasteiger partial charge on any atom is -0.353 e. The largest absolute Gasteiger partial charge is 0.353 e. The van der Waals surface area contributed by atoms with Gasteiger partial charge >= 0.3 is 0 Å². The fourth-order valence-corrected chi connectivity index (χ4v) is 3.96. The molecule has 9 heteroatoms. The van der Waals surface area contributed by atoms with E-state index in [-0.39, 0.29) is 11.1 Å². The number of benzene rings is 1. The van der Waals surface area contributed by atoms with E-state index in [2.05, 4.69) is 28.6 Å². The lowest BCUT2D eigenvalue weighted by Gasteiger charge is -2.36. The highest BCUT2D eigenvalue weighted by molar-refractivity contribution is 6.33. The molecule has 0 amide bonds. The van der Waals surface area contributed by atoms with Crippen LogP contribution in [-0.4, -0.2) is 54.2 Å². The lowest BCUT2D eigenvalue weighted by atomic mass is 10.1. The zero-order valence-corrected chi connectivity index (χ0v) is 19.8. The molecule has 0 aliphatic carbocycles. The summed E-state index contributed by atoms with van der Waals surface area (Å²) in [5.41, 5.74) is 1.45. The first-order valence-electron chi connectivity index (χ1n) is 10.5. The van der Waals surface area contributed by atoms with E-state index in [1.165, 1.54) is 6.07 Å². The molecule has 168 valence electrons. The smallest absolute Gasteiger partial charge is 0.227 e. The fourth-order valence-electron chi connectivity index (χ4n) is 3.53. The van der Waals surface area contributed by atoms with Crippen LogP contribution in [0.4, 0.5) is 22.0 Å². The molecule has 0 atom stereocenters. The second-order valence-corrected chi connectivity index (χ2v) is 8.84. The standard InChI is InChI=1S/C23H25Cl2FN6/c1-15(2)30(3)23-28-20(16-6-7-19(26)18(25)13-16)14-21(29-23)31-9-11-32(12-10-31)22-17(24)5-4-8-27-22/h4-8,13-15H,9-12H2,1-3H3. The summed E-state index contributed by atoms with van der Waals surface area (Å²) in [5.74, 6) is 1.79. The van der Waals surface area contributed by atoms with E-state index < -0.39 is 5.82 Å². The normalized spacial score (nSPS) is 14.2. The van der Waals surface area contributed by atoms with Gasteiger partial charge < -0.3 is 14.7 Å². The molecule has 1 aliphatic rings. The predicted molar refractivity (Wildman–Crippen MR) is 130 cm³/mol. The molecule has 32 heavy (non-hydrogen) atoms. The lowest BCUT2D eigenvalue weighted by Crippen LogP contribution is -2.47. The Morgan fingerprint density at radius 3 is 2.34 bits per heavy atom. The first kappa shape index (κ1) is 22.6. The summed E-state index contributed by atoms with van der Waals surface area (Å²) >= 11 is 12.4. The summed E-state index contributed by atoms with van der Waals surface area (Å²) in [5, 5.41) is 0.724. The van der Waals surface area contributed by atoms with Crippen LogP contribution in [0.2, 0.25) is 10.0 Å². The molecule has 1 aromatic carbocycles. The van der Waals surface area contributed by atoms with Crippen LogP contribution < -0.4 is 14.7 Å². The van der Waals surface area contributed by atoms with Crippen molar-refractivity contribution in [3.05, 3.63) is 58.5 Å². The van der Waals surface area contributed by atoms with Gasteiger partial charge in [-0.05, 0) is 44.2 Å². The Bertz CT molecular complexity index is 1100. The summed E-state index contributed by atoms with van der Waals surface area (Å²) in [7, 11) is 1.96. The van der Waals surface area contributed by atoms with Crippen molar-refractivity contribution >= 4 is 40.8 Å². The van der Waals surface area contributed by atoms with Crippen molar-refractivity contribution < 1.29 is 4.39 Å². The van der Waals surface area contributed by atoms with Gasteiger partial charge in [-0.1, -0.05) is 23.2 Å². The first-order chi connectivity index (χ1) is 15.3. The molecule has 0 saturated carbocycles. The maximum absolute atomic E-state index is 13.7. The Hall–Kier alpha value is -2.64. The minimum absolute atomic E-state index is 0.0716. The molecule has 0 N–H and O–H groups in total. The van der Waals surface area contributed by atoms with E-state index in [4.69, 9.17) is 33.2 Å². The van der Waals surface area contributed by atoms with Gasteiger partial charge in [0.15, 0.2) is 0 Å². The van der Waals surface area contributed by atoms with Gasteiger partial charge in [-0.2, -0.15) is 4.98 Å². The highest BCUT2D eigenvalue weighted by Crippen LogP contribution is 2.30. The van der Waals surface area contributed by atoms with E-state index in [0.717, 1.165) is 43.4 Å². The number of nitrogens with zero attached hydrogens (tertiary/aromatic N) is 6. The van der Waals surface area contributed by atoms with E-state index in [1.807, 2.05) is 30.1 Å². The van der Waals surface area contributed by atoms with E-state index >= 15 is 0 Å². The quantitative estimate of drug-likeness (QED) is 0.509. The van der Waals surface area contributed by atoms with Crippen LogP contribution in [0.15, 0.2) is 42.6 Å². The molecule has 1 aliphatic heterocycles. The van der Waals surface area contributed by atoms with Crippen LogP contribution >= 0.6 is 23.2 Å². The zero-order valence-electron chi connectivity index (χ0n) is 18.3. The zero-order chi connectivity index (χ0) is 22.8. The Morgan fingerprint density at radius 2 is 1.69 bits per heavy atom. The second-order valence-electron chi connectivity index (χ2n) is 8.03. The van der Waals surface area contributed by atoms with Crippen LogP contribution in [-0.2, 0) is 0 Å². The van der Waals surface area contributed by atoms with Crippen molar-refractivity contribution in [3.63, 3.8) is 0 Å². The summed E-state index contributed by atoms with van der Waals surface area (Å²) in [6, 6.07) is 10.5. The predicted octanol–water partition coefficient (Wildman–Crippen LogP) is 5.16. The van der Waals surface area contributed by atoms with Crippen molar-refractivity contribution in [2.24, 2.45) is 0 Å². The van der Waals surface area contributed by atoms with Crippen LogP contribution in [0, 0.1) is 5.82 Å². The average molecular weight is 475 g/mol. The molecule has 0 radical (unpaired) electrons. The number of aromatic nitrogens is 3. The number of hydrogen-bond donors (Lipinski definition) is 0. The van der Waals surface area contributed by atoms with Gasteiger partial charge in [0.2, 0.25) is 5.95 Å². The summed E-state index contributed by atoms with van der Waals surface area (Å²) < 4.78 is 13.7. The number of halogens is 3. The third-order valence-electron chi connectivity index (χ3n) is 5.65. The van der Waals surface area contributed by atoms with Crippen LogP contribution in [0.25, 0.3) is 11.3 Å². The number of pyridine rings is 1. The second kappa shape index (κ2) is 9.46. The third kappa shape index (κ3) is 4.74. The topological polar surface area (TPSA) is 48.4 Å². The molecule has 3 aromatic rings. The molecule has 1 fully saturated rings. The van der Waals surface area contributed by atoms with Gasteiger partial charge in [0, 0.05) is 57.1 Å². The molecule has 3 heterocycles. The first-order valence-corrected chi connectivity index (χ1v) is 11.3. The Morgan fingerprint density at radius 1 is 0.969 bits per heavy atom. The van der Waals surface area contributed by atoms with Crippen molar-refractivity contribution in [1.29, 1.82) is 0 Å². The van der Waals surface area contributed by atoms with Crippen molar-refractivity contribution in [3.8, 4) is 11.3 Å². The van der Waals surface area contributed by atoms with Crippen molar-refractivity contribution in [2.75, 3.05) is 47.9 Å². The van der Waals surface area contributed by atoms with Gasteiger partial charge in [-0.15, -0.1) is 0 Å². The molecule has 0 spiro atoms. The molecule has 6 nitrogen and oxygen atoms in total. The van der Waals surface area contributed by atoms with Crippen LogP contribution in [0.1, 0.15) is 13.8 Å². The maximum atomic E-state index is 13.7. The van der Waals surface area contributed by atoms with E-state index in [0.29, 0.717) is 16.7 Å².